The standard InChI is InChI=1S/C22H25N3O3S/c1-15(2)13-25-19(11-17-6-9-28-22(17)25)21(27)23-7-8-24(16(3)14-23)20(26)12-18-5-4-10-29-18/h4-6,9-11,16H,1,7-8,12-14H2,2-3H3. The maximum Gasteiger partial charge on any atom is 0.270 e. The summed E-state index contributed by atoms with van der Waals surface area (Å²) < 4.78 is 7.47. The number of piperazine rings is 1. The van der Waals surface area contributed by atoms with Gasteiger partial charge in [-0.15, -0.1) is 11.3 Å². The van der Waals surface area contributed by atoms with E-state index in [-0.39, 0.29) is 17.9 Å². The lowest BCUT2D eigenvalue weighted by Gasteiger charge is -2.40. The molecule has 1 atom stereocenters. The first-order valence-corrected chi connectivity index (χ1v) is 10.6. The van der Waals surface area contributed by atoms with Crippen LogP contribution in [0.3, 0.4) is 0 Å². The molecule has 4 heterocycles. The van der Waals surface area contributed by atoms with E-state index in [1.54, 1.807) is 17.6 Å². The van der Waals surface area contributed by atoms with Gasteiger partial charge in [0.05, 0.1) is 12.7 Å². The van der Waals surface area contributed by atoms with Gasteiger partial charge in [0.15, 0.2) is 0 Å². The molecule has 1 aliphatic heterocycles. The molecule has 0 aliphatic carbocycles. The van der Waals surface area contributed by atoms with Crippen LogP contribution in [0.1, 0.15) is 29.2 Å². The summed E-state index contributed by atoms with van der Waals surface area (Å²) in [5.74, 6) is 0.0880. The van der Waals surface area contributed by atoms with Crippen LogP contribution in [-0.2, 0) is 17.8 Å². The van der Waals surface area contributed by atoms with Crippen LogP contribution in [0.15, 0.2) is 52.5 Å². The molecule has 1 fully saturated rings. The Morgan fingerprint density at radius 2 is 2.14 bits per heavy atom. The zero-order valence-electron chi connectivity index (χ0n) is 16.8. The van der Waals surface area contributed by atoms with Crippen LogP contribution in [0.5, 0.6) is 0 Å². The highest BCUT2D eigenvalue weighted by molar-refractivity contribution is 7.10. The fourth-order valence-electron chi connectivity index (χ4n) is 3.92. The topological polar surface area (TPSA) is 58.7 Å². The fourth-order valence-corrected chi connectivity index (χ4v) is 4.61. The van der Waals surface area contributed by atoms with Crippen molar-refractivity contribution < 1.29 is 14.0 Å². The second kappa shape index (κ2) is 7.91. The van der Waals surface area contributed by atoms with Gasteiger partial charge in [0.2, 0.25) is 11.6 Å². The van der Waals surface area contributed by atoms with Crippen molar-refractivity contribution in [2.24, 2.45) is 0 Å². The summed E-state index contributed by atoms with van der Waals surface area (Å²) in [6.07, 6.45) is 2.06. The van der Waals surface area contributed by atoms with E-state index in [9.17, 15) is 9.59 Å². The highest BCUT2D eigenvalue weighted by Gasteiger charge is 2.31. The molecule has 0 N–H and O–H groups in total. The third kappa shape index (κ3) is 3.87. The molecule has 29 heavy (non-hydrogen) atoms. The Kier molecular flexibility index (Phi) is 5.32. The second-order valence-electron chi connectivity index (χ2n) is 7.70. The first kappa shape index (κ1) is 19.5. The minimum absolute atomic E-state index is 0.0206. The molecular weight excluding hydrogens is 386 g/mol. The average Bonchev–Trinajstić information content (AvgIpc) is 3.40. The molecule has 152 valence electrons. The molecule has 3 aromatic heterocycles. The molecule has 0 spiro atoms. The van der Waals surface area contributed by atoms with Crippen molar-refractivity contribution in [3.05, 3.63) is 58.6 Å². The van der Waals surface area contributed by atoms with Crippen LogP contribution in [0.25, 0.3) is 11.1 Å². The number of aromatic nitrogens is 1. The number of furan rings is 1. The summed E-state index contributed by atoms with van der Waals surface area (Å²) in [6.45, 7) is 10.0. The molecule has 1 unspecified atom stereocenters. The monoisotopic (exact) mass is 411 g/mol. The van der Waals surface area contributed by atoms with Crippen molar-refractivity contribution in [3.63, 3.8) is 0 Å². The average molecular weight is 412 g/mol. The van der Waals surface area contributed by atoms with Crippen molar-refractivity contribution in [2.75, 3.05) is 19.6 Å². The van der Waals surface area contributed by atoms with Crippen LogP contribution in [0.4, 0.5) is 0 Å². The third-order valence-electron chi connectivity index (χ3n) is 5.29. The minimum atomic E-state index is -0.0325. The number of rotatable bonds is 5. The van der Waals surface area contributed by atoms with Crippen LogP contribution < -0.4 is 0 Å². The van der Waals surface area contributed by atoms with Gasteiger partial charge in [0.1, 0.15) is 5.69 Å². The number of carbonyl (C=O) groups is 2. The van der Waals surface area contributed by atoms with Gasteiger partial charge < -0.3 is 18.8 Å². The second-order valence-corrected chi connectivity index (χ2v) is 8.73. The summed E-state index contributed by atoms with van der Waals surface area (Å²) in [5.41, 5.74) is 2.24. The van der Waals surface area contributed by atoms with Crippen LogP contribution >= 0.6 is 11.3 Å². The summed E-state index contributed by atoms with van der Waals surface area (Å²) in [7, 11) is 0. The number of hydrogen-bond donors (Lipinski definition) is 0. The molecule has 0 saturated carbocycles. The Labute approximate surface area is 174 Å². The van der Waals surface area contributed by atoms with Gasteiger partial charge in [0, 0.05) is 42.5 Å². The predicted octanol–water partition coefficient (Wildman–Crippen LogP) is 3.79. The van der Waals surface area contributed by atoms with E-state index < -0.39 is 0 Å². The first-order valence-electron chi connectivity index (χ1n) is 9.76. The van der Waals surface area contributed by atoms with Gasteiger partial charge in [0.25, 0.3) is 5.91 Å². The van der Waals surface area contributed by atoms with E-state index in [0.29, 0.717) is 44.0 Å². The maximum absolute atomic E-state index is 13.3. The molecule has 0 aromatic carbocycles. The van der Waals surface area contributed by atoms with Crippen molar-refractivity contribution in [3.8, 4) is 0 Å². The molecule has 6 nitrogen and oxygen atoms in total. The van der Waals surface area contributed by atoms with E-state index in [1.165, 1.54) is 0 Å². The number of hydrogen-bond acceptors (Lipinski definition) is 4. The Morgan fingerprint density at radius 1 is 1.31 bits per heavy atom. The predicted molar refractivity (Wildman–Crippen MR) is 114 cm³/mol. The number of thiophene rings is 1. The van der Waals surface area contributed by atoms with Crippen molar-refractivity contribution in [1.29, 1.82) is 0 Å². The van der Waals surface area contributed by atoms with E-state index in [0.717, 1.165) is 15.8 Å². The van der Waals surface area contributed by atoms with Gasteiger partial charge in [-0.05, 0) is 37.4 Å². The minimum Gasteiger partial charge on any atom is -0.448 e. The van der Waals surface area contributed by atoms with Gasteiger partial charge in [-0.3, -0.25) is 9.59 Å². The van der Waals surface area contributed by atoms with Crippen molar-refractivity contribution >= 4 is 34.3 Å². The molecule has 2 amide bonds. The molecule has 3 aromatic rings. The molecule has 1 saturated heterocycles. The third-order valence-corrected chi connectivity index (χ3v) is 6.17. The Balaban J connectivity index is 1.48. The van der Waals surface area contributed by atoms with E-state index in [1.807, 2.05) is 57.9 Å². The summed E-state index contributed by atoms with van der Waals surface area (Å²) >= 11 is 1.60. The van der Waals surface area contributed by atoms with Gasteiger partial charge in [-0.25, -0.2) is 0 Å². The van der Waals surface area contributed by atoms with Crippen LogP contribution in [0, 0.1) is 0 Å². The summed E-state index contributed by atoms with van der Waals surface area (Å²) in [5, 5.41) is 2.89. The quantitative estimate of drug-likeness (QED) is 0.600. The van der Waals surface area contributed by atoms with Crippen molar-refractivity contribution in [2.45, 2.75) is 32.9 Å². The Morgan fingerprint density at radius 3 is 2.83 bits per heavy atom. The number of carbonyl (C=O) groups excluding carboxylic acids is 2. The Hall–Kier alpha value is -2.80. The normalized spacial score (nSPS) is 17.1. The highest BCUT2D eigenvalue weighted by atomic mass is 32.1. The molecule has 1 aliphatic rings. The molecule has 0 bridgehead atoms. The zero-order chi connectivity index (χ0) is 20.5. The lowest BCUT2D eigenvalue weighted by Crippen LogP contribution is -2.55. The fraction of sp³-hybridized carbons (Fsp3) is 0.364. The van der Waals surface area contributed by atoms with Crippen LogP contribution in [-0.4, -0.2) is 51.9 Å². The lowest BCUT2D eigenvalue weighted by molar-refractivity contribution is -0.134. The molecule has 7 heteroatoms. The smallest absolute Gasteiger partial charge is 0.270 e. The van der Waals surface area contributed by atoms with Crippen molar-refractivity contribution in [1.82, 2.24) is 14.4 Å². The maximum atomic E-state index is 13.3. The Bertz CT molecular complexity index is 1050. The number of allylic oxidation sites excluding steroid dienone is 1. The van der Waals surface area contributed by atoms with E-state index in [4.69, 9.17) is 4.42 Å². The van der Waals surface area contributed by atoms with Gasteiger partial charge in [-0.1, -0.05) is 18.2 Å². The molecule has 0 radical (unpaired) electrons. The SMILES string of the molecule is C=C(C)Cn1c(C(=O)N2CCN(C(=O)Cc3cccs3)C(C)C2)cc2ccoc21. The summed E-state index contributed by atoms with van der Waals surface area (Å²) in [6, 6.07) is 7.67. The summed E-state index contributed by atoms with van der Waals surface area (Å²) in [4.78, 5) is 30.8. The van der Waals surface area contributed by atoms with Crippen LogP contribution in [0.2, 0.25) is 0 Å². The number of fused-ring (bicyclic) bond motifs is 1. The highest BCUT2D eigenvalue weighted by Crippen LogP contribution is 2.24. The first-order chi connectivity index (χ1) is 13.9. The molecule has 4 rings (SSSR count). The molecular formula is C22H25N3O3S. The zero-order valence-corrected chi connectivity index (χ0v) is 17.6. The van der Waals surface area contributed by atoms with E-state index >= 15 is 0 Å². The van der Waals surface area contributed by atoms with E-state index in [2.05, 4.69) is 6.58 Å². The van der Waals surface area contributed by atoms with Gasteiger partial charge >= 0.3 is 0 Å². The largest absolute Gasteiger partial charge is 0.448 e. The van der Waals surface area contributed by atoms with Gasteiger partial charge in [-0.2, -0.15) is 0 Å². The lowest BCUT2D eigenvalue weighted by atomic mass is 10.1. The number of amides is 2. The number of nitrogens with zero attached hydrogens (tertiary/aromatic N) is 3.